The van der Waals surface area contributed by atoms with Gasteiger partial charge in [-0.1, -0.05) is 18.2 Å². The van der Waals surface area contributed by atoms with Crippen molar-refractivity contribution >= 4 is 18.3 Å². The number of halogens is 4. The normalized spacial score (nSPS) is 28.6. The standard InChI is InChI=1S/C17H21F3N2O2.ClH/c18-17(19,20)24-15-4-2-1-3-12(15)13-9-14(13)16(23)22-11-7-5-10(21)6-8-11;/h1-4,10-11,13-14H,5-9,21H2,(H,22,23);1H. The van der Waals surface area contributed by atoms with E-state index in [0.717, 1.165) is 25.7 Å². The maximum Gasteiger partial charge on any atom is 0.573 e. The number of amides is 1. The van der Waals surface area contributed by atoms with Gasteiger partial charge in [0.15, 0.2) is 0 Å². The highest BCUT2D eigenvalue weighted by atomic mass is 35.5. The van der Waals surface area contributed by atoms with Gasteiger partial charge in [0.2, 0.25) is 5.91 Å². The van der Waals surface area contributed by atoms with E-state index in [2.05, 4.69) is 10.1 Å². The number of nitrogens with two attached hydrogens (primary N) is 1. The summed E-state index contributed by atoms with van der Waals surface area (Å²) in [4.78, 5) is 12.3. The molecule has 0 saturated heterocycles. The summed E-state index contributed by atoms with van der Waals surface area (Å²) in [6, 6.07) is 6.37. The predicted molar refractivity (Wildman–Crippen MR) is 89.6 cm³/mol. The van der Waals surface area contributed by atoms with Gasteiger partial charge >= 0.3 is 6.36 Å². The zero-order valence-corrected chi connectivity index (χ0v) is 14.4. The van der Waals surface area contributed by atoms with Gasteiger partial charge in [-0.2, -0.15) is 0 Å². The molecule has 1 aromatic carbocycles. The van der Waals surface area contributed by atoms with Gasteiger partial charge < -0.3 is 15.8 Å². The molecule has 1 amide bonds. The van der Waals surface area contributed by atoms with E-state index in [0.29, 0.717) is 12.0 Å². The molecule has 0 radical (unpaired) electrons. The van der Waals surface area contributed by atoms with Gasteiger partial charge in [0.1, 0.15) is 5.75 Å². The minimum atomic E-state index is -4.73. The molecule has 0 spiro atoms. The molecule has 140 valence electrons. The summed E-state index contributed by atoms with van der Waals surface area (Å²) in [5, 5.41) is 3.01. The number of carbonyl (C=O) groups is 1. The van der Waals surface area contributed by atoms with Crippen LogP contribution in [-0.2, 0) is 4.79 Å². The first kappa shape index (κ1) is 19.8. The average molecular weight is 379 g/mol. The van der Waals surface area contributed by atoms with Crippen molar-refractivity contribution in [2.24, 2.45) is 11.7 Å². The summed E-state index contributed by atoms with van der Waals surface area (Å²) in [7, 11) is 0. The Labute approximate surface area is 150 Å². The van der Waals surface area contributed by atoms with Gasteiger partial charge in [0.25, 0.3) is 0 Å². The SMILES string of the molecule is Cl.NC1CCC(NC(=O)C2CC2c2ccccc2OC(F)(F)F)CC1. The molecule has 0 bridgehead atoms. The summed E-state index contributed by atoms with van der Waals surface area (Å²) in [6.07, 6.45) is -0.682. The number of hydrogen-bond donors (Lipinski definition) is 2. The summed E-state index contributed by atoms with van der Waals surface area (Å²) in [5.41, 5.74) is 6.29. The van der Waals surface area contributed by atoms with Crippen LogP contribution in [0.3, 0.4) is 0 Å². The lowest BCUT2D eigenvalue weighted by Crippen LogP contribution is -2.41. The molecular formula is C17H22ClF3N2O2. The first-order valence-corrected chi connectivity index (χ1v) is 8.24. The van der Waals surface area contributed by atoms with Gasteiger partial charge in [0.05, 0.1) is 0 Å². The van der Waals surface area contributed by atoms with Crippen molar-refractivity contribution in [1.82, 2.24) is 5.32 Å². The molecule has 3 rings (SSSR count). The van der Waals surface area contributed by atoms with Crippen LogP contribution in [0.5, 0.6) is 5.75 Å². The van der Waals surface area contributed by atoms with Gasteiger partial charge in [-0.25, -0.2) is 0 Å². The Kier molecular flexibility index (Phi) is 6.21. The number of carbonyl (C=O) groups excluding carboxylic acids is 1. The van der Waals surface area contributed by atoms with Crippen LogP contribution < -0.4 is 15.8 Å². The number of benzene rings is 1. The molecule has 8 heteroatoms. The molecule has 2 aliphatic rings. The number of nitrogens with one attached hydrogen (secondary N) is 1. The van der Waals surface area contributed by atoms with Crippen molar-refractivity contribution in [2.75, 3.05) is 0 Å². The number of hydrogen-bond acceptors (Lipinski definition) is 3. The molecule has 2 unspecified atom stereocenters. The highest BCUT2D eigenvalue weighted by Gasteiger charge is 2.46. The summed E-state index contributed by atoms with van der Waals surface area (Å²) in [6.45, 7) is 0. The molecule has 2 aliphatic carbocycles. The second-order valence-corrected chi connectivity index (χ2v) is 6.65. The first-order chi connectivity index (χ1) is 11.3. The van der Waals surface area contributed by atoms with Gasteiger partial charge in [-0.15, -0.1) is 25.6 Å². The van der Waals surface area contributed by atoms with Crippen molar-refractivity contribution in [3.8, 4) is 5.75 Å². The largest absolute Gasteiger partial charge is 0.573 e. The lowest BCUT2D eigenvalue weighted by atomic mass is 9.91. The second-order valence-electron chi connectivity index (χ2n) is 6.65. The lowest BCUT2D eigenvalue weighted by molar-refractivity contribution is -0.274. The minimum absolute atomic E-state index is 0. The van der Waals surface area contributed by atoms with Crippen LogP contribution in [-0.4, -0.2) is 24.4 Å². The summed E-state index contributed by atoms with van der Waals surface area (Å²) >= 11 is 0. The number of ether oxygens (including phenoxy) is 1. The monoisotopic (exact) mass is 378 g/mol. The average Bonchev–Trinajstić information content (AvgIpc) is 3.29. The number of rotatable bonds is 4. The van der Waals surface area contributed by atoms with E-state index in [9.17, 15) is 18.0 Å². The van der Waals surface area contributed by atoms with E-state index in [1.54, 1.807) is 12.1 Å². The highest BCUT2D eigenvalue weighted by Crippen LogP contribution is 2.51. The molecule has 0 heterocycles. The van der Waals surface area contributed by atoms with Gasteiger partial charge in [-0.3, -0.25) is 4.79 Å². The van der Waals surface area contributed by atoms with Gasteiger partial charge in [-0.05, 0) is 49.7 Å². The van der Waals surface area contributed by atoms with E-state index in [1.165, 1.54) is 12.1 Å². The van der Waals surface area contributed by atoms with Crippen molar-refractivity contribution < 1.29 is 22.7 Å². The zero-order chi connectivity index (χ0) is 17.3. The Hall–Kier alpha value is -1.47. The number of para-hydroxylation sites is 1. The lowest BCUT2D eigenvalue weighted by Gasteiger charge is -2.26. The van der Waals surface area contributed by atoms with Crippen LogP contribution in [0, 0.1) is 5.92 Å². The summed E-state index contributed by atoms with van der Waals surface area (Å²) < 4.78 is 41.5. The van der Waals surface area contributed by atoms with E-state index in [1.807, 2.05) is 0 Å². The molecule has 4 nitrogen and oxygen atoms in total. The molecule has 1 aromatic rings. The Bertz CT molecular complexity index is 604. The van der Waals surface area contributed by atoms with Crippen molar-refractivity contribution in [2.45, 2.75) is 56.5 Å². The topological polar surface area (TPSA) is 64.3 Å². The van der Waals surface area contributed by atoms with Crippen LogP contribution in [0.4, 0.5) is 13.2 Å². The molecule has 2 fully saturated rings. The zero-order valence-electron chi connectivity index (χ0n) is 13.6. The Morgan fingerprint density at radius 2 is 1.80 bits per heavy atom. The molecule has 25 heavy (non-hydrogen) atoms. The van der Waals surface area contributed by atoms with Gasteiger partial charge in [0, 0.05) is 18.0 Å². The summed E-state index contributed by atoms with van der Waals surface area (Å²) in [5.74, 6) is -0.788. The number of alkyl halides is 3. The van der Waals surface area contributed by atoms with Crippen molar-refractivity contribution in [3.63, 3.8) is 0 Å². The van der Waals surface area contributed by atoms with Crippen LogP contribution >= 0.6 is 12.4 Å². The first-order valence-electron chi connectivity index (χ1n) is 8.24. The highest BCUT2D eigenvalue weighted by molar-refractivity contribution is 5.85. The molecule has 3 N–H and O–H groups in total. The molecule has 0 aromatic heterocycles. The van der Waals surface area contributed by atoms with Crippen molar-refractivity contribution in [1.29, 1.82) is 0 Å². The maximum atomic E-state index is 12.5. The fraction of sp³-hybridized carbons (Fsp3) is 0.588. The predicted octanol–water partition coefficient (Wildman–Crippen LogP) is 3.50. The van der Waals surface area contributed by atoms with Crippen molar-refractivity contribution in [3.05, 3.63) is 29.8 Å². The third-order valence-corrected chi connectivity index (χ3v) is 4.79. The fourth-order valence-corrected chi connectivity index (χ4v) is 3.40. The molecule has 2 saturated carbocycles. The van der Waals surface area contributed by atoms with Crippen LogP contribution in [0.25, 0.3) is 0 Å². The molecule has 2 atom stereocenters. The van der Waals surface area contributed by atoms with E-state index >= 15 is 0 Å². The Morgan fingerprint density at radius 1 is 1.16 bits per heavy atom. The van der Waals surface area contributed by atoms with Crippen LogP contribution in [0.15, 0.2) is 24.3 Å². The van der Waals surface area contributed by atoms with E-state index in [-0.39, 0.29) is 48.0 Å². The maximum absolute atomic E-state index is 12.5. The smallest absolute Gasteiger partial charge is 0.405 e. The fourth-order valence-electron chi connectivity index (χ4n) is 3.40. The van der Waals surface area contributed by atoms with E-state index in [4.69, 9.17) is 5.73 Å². The molecular weight excluding hydrogens is 357 g/mol. The second kappa shape index (κ2) is 7.83. The minimum Gasteiger partial charge on any atom is -0.405 e. The third-order valence-electron chi connectivity index (χ3n) is 4.79. The van der Waals surface area contributed by atoms with Crippen LogP contribution in [0.2, 0.25) is 0 Å². The Balaban J connectivity index is 0.00000225. The third kappa shape index (κ3) is 5.25. The quantitative estimate of drug-likeness (QED) is 0.842. The Morgan fingerprint density at radius 3 is 2.44 bits per heavy atom. The van der Waals surface area contributed by atoms with E-state index < -0.39 is 6.36 Å². The molecule has 0 aliphatic heterocycles. The van der Waals surface area contributed by atoms with Crippen LogP contribution in [0.1, 0.15) is 43.6 Å².